The van der Waals surface area contributed by atoms with Crippen molar-refractivity contribution in [2.24, 2.45) is 0 Å². The van der Waals surface area contributed by atoms with Crippen LogP contribution in [0.4, 0.5) is 0 Å². The van der Waals surface area contributed by atoms with E-state index in [0.717, 1.165) is 32.1 Å². The molecule has 0 aromatic rings. The number of carbonyl (C=O) groups is 2. The monoisotopic (exact) mass is 608 g/mol. The number of esters is 2. The minimum atomic E-state index is -3.59. The van der Waals surface area contributed by atoms with E-state index in [1.807, 2.05) is 0 Å². The van der Waals surface area contributed by atoms with Crippen molar-refractivity contribution in [3.8, 4) is 0 Å². The zero-order valence-electron chi connectivity index (χ0n) is 26.3. The molecule has 9 nitrogen and oxygen atoms in total. The van der Waals surface area contributed by atoms with Gasteiger partial charge in [0.25, 0.3) is 0 Å². The molecule has 3 atom stereocenters. The predicted octanol–water partition coefficient (Wildman–Crippen LogP) is 7.49. The molecule has 0 bridgehead atoms. The summed E-state index contributed by atoms with van der Waals surface area (Å²) in [5, 5.41) is 18.3. The van der Waals surface area contributed by atoms with Crippen LogP contribution >= 0.6 is 7.60 Å². The molecule has 0 aliphatic heterocycles. The fourth-order valence-electron chi connectivity index (χ4n) is 4.31. The molecule has 0 aromatic carbocycles. The number of ether oxygens (including phenoxy) is 2. The second-order valence-electron chi connectivity index (χ2n) is 11.2. The fourth-order valence-corrected chi connectivity index (χ4v) is 5.26. The molecule has 0 radical (unpaired) electrons. The smallest absolute Gasteiger partial charge is 0.327 e. The number of aliphatic hydroxyl groups excluding tert-OH is 2. The van der Waals surface area contributed by atoms with Crippen LogP contribution in [0.15, 0.2) is 0 Å². The molecule has 10 heteroatoms. The van der Waals surface area contributed by atoms with Gasteiger partial charge in [0.05, 0.1) is 19.8 Å². The number of rotatable bonds is 30. The molecule has 2 N–H and O–H groups in total. The first-order chi connectivity index (χ1) is 19.7. The molecule has 0 saturated carbocycles. The Bertz CT molecular complexity index is 674. The predicted molar refractivity (Wildman–Crippen MR) is 163 cm³/mol. The average molecular weight is 609 g/mol. The van der Waals surface area contributed by atoms with Gasteiger partial charge in [-0.1, -0.05) is 117 Å². The SMILES string of the molecule is CCCCCCCCCCCC(=O)OCC(COP(C)(=O)OCC(O)CO)OC(=O)CCCCCCCCCCC. The molecule has 0 spiro atoms. The standard InChI is InChI=1S/C31H61O9P/c1-4-6-8-10-12-14-16-18-20-22-30(34)37-26-29(27-39-41(3,36)38-25-28(33)24-32)40-31(35)23-21-19-17-15-13-11-9-7-5-2/h28-29,32-33H,4-27H2,1-3H3. The Morgan fingerprint density at radius 1 is 0.634 bits per heavy atom. The highest BCUT2D eigenvalue weighted by atomic mass is 31.2. The molecule has 0 amide bonds. The maximum Gasteiger partial charge on any atom is 0.327 e. The zero-order valence-corrected chi connectivity index (χ0v) is 27.2. The van der Waals surface area contributed by atoms with Crippen molar-refractivity contribution in [1.82, 2.24) is 0 Å². The number of hydrogen-bond acceptors (Lipinski definition) is 9. The third-order valence-electron chi connectivity index (χ3n) is 6.90. The van der Waals surface area contributed by atoms with Gasteiger partial charge in [0, 0.05) is 19.5 Å². The van der Waals surface area contributed by atoms with E-state index in [9.17, 15) is 19.3 Å². The number of aliphatic hydroxyl groups is 2. The van der Waals surface area contributed by atoms with Crippen LogP contribution < -0.4 is 0 Å². The maximum absolute atomic E-state index is 12.5. The summed E-state index contributed by atoms with van der Waals surface area (Å²) in [5.74, 6) is -0.783. The molecular weight excluding hydrogens is 547 g/mol. The highest BCUT2D eigenvalue weighted by molar-refractivity contribution is 7.52. The van der Waals surface area contributed by atoms with Crippen molar-refractivity contribution in [1.29, 1.82) is 0 Å². The highest BCUT2D eigenvalue weighted by Gasteiger charge is 2.24. The van der Waals surface area contributed by atoms with Crippen LogP contribution in [0.5, 0.6) is 0 Å². The minimum absolute atomic E-state index is 0.195. The molecule has 3 unspecified atom stereocenters. The second kappa shape index (κ2) is 27.8. The summed E-state index contributed by atoms with van der Waals surface area (Å²) in [5.41, 5.74) is 0. The van der Waals surface area contributed by atoms with Crippen LogP contribution in [0.25, 0.3) is 0 Å². The number of hydrogen-bond donors (Lipinski definition) is 2. The Labute approximate surface area is 250 Å². The third-order valence-corrected chi connectivity index (χ3v) is 8.14. The van der Waals surface area contributed by atoms with Crippen LogP contribution in [-0.2, 0) is 32.7 Å². The molecule has 244 valence electrons. The number of carbonyl (C=O) groups excluding carboxylic acids is 2. The van der Waals surface area contributed by atoms with Crippen LogP contribution in [0.3, 0.4) is 0 Å². The lowest BCUT2D eigenvalue weighted by atomic mass is 10.1. The maximum atomic E-state index is 12.5. The van der Waals surface area contributed by atoms with Crippen molar-refractivity contribution >= 4 is 19.5 Å². The van der Waals surface area contributed by atoms with E-state index < -0.39 is 32.4 Å². The second-order valence-corrected chi connectivity index (χ2v) is 13.2. The molecule has 0 saturated heterocycles. The van der Waals surface area contributed by atoms with Crippen LogP contribution in [-0.4, -0.2) is 67.5 Å². The van der Waals surface area contributed by atoms with E-state index in [1.165, 1.54) is 83.7 Å². The summed E-state index contributed by atoms with van der Waals surface area (Å²) in [7, 11) is -3.59. The molecule has 41 heavy (non-hydrogen) atoms. The van der Waals surface area contributed by atoms with Crippen LogP contribution in [0.2, 0.25) is 0 Å². The first-order valence-electron chi connectivity index (χ1n) is 16.2. The lowest BCUT2D eigenvalue weighted by molar-refractivity contribution is -0.161. The van der Waals surface area contributed by atoms with Gasteiger partial charge in [-0.15, -0.1) is 0 Å². The normalized spacial score (nSPS) is 14.4. The van der Waals surface area contributed by atoms with Gasteiger partial charge in [-0.25, -0.2) is 0 Å². The van der Waals surface area contributed by atoms with Gasteiger partial charge < -0.3 is 28.7 Å². The van der Waals surface area contributed by atoms with E-state index >= 15 is 0 Å². The average Bonchev–Trinajstić information content (AvgIpc) is 2.95. The van der Waals surface area contributed by atoms with Gasteiger partial charge >= 0.3 is 19.5 Å². The van der Waals surface area contributed by atoms with Gasteiger partial charge in [-0.05, 0) is 12.8 Å². The lowest BCUT2D eigenvalue weighted by Gasteiger charge is -2.21. The van der Waals surface area contributed by atoms with E-state index in [0.29, 0.717) is 12.8 Å². The van der Waals surface area contributed by atoms with Gasteiger partial charge in [-0.3, -0.25) is 14.2 Å². The van der Waals surface area contributed by atoms with Crippen molar-refractivity contribution in [3.63, 3.8) is 0 Å². The van der Waals surface area contributed by atoms with Gasteiger partial charge in [0.2, 0.25) is 0 Å². The van der Waals surface area contributed by atoms with E-state index in [-0.39, 0.29) is 32.2 Å². The fraction of sp³-hybridized carbons (Fsp3) is 0.935. The lowest BCUT2D eigenvalue weighted by Crippen LogP contribution is -2.29. The van der Waals surface area contributed by atoms with E-state index in [1.54, 1.807) is 0 Å². The quantitative estimate of drug-likeness (QED) is 0.0484. The first-order valence-corrected chi connectivity index (χ1v) is 18.2. The number of unbranched alkanes of at least 4 members (excludes halogenated alkanes) is 16. The van der Waals surface area contributed by atoms with E-state index in [4.69, 9.17) is 23.6 Å². The Morgan fingerprint density at radius 3 is 1.51 bits per heavy atom. The zero-order chi connectivity index (χ0) is 30.6. The Hall–Kier alpha value is -0.990. The minimum Gasteiger partial charge on any atom is -0.462 e. The molecule has 0 heterocycles. The molecule has 0 aromatic heterocycles. The summed E-state index contributed by atoms with van der Waals surface area (Å²) in [6.07, 6.45) is 19.0. The van der Waals surface area contributed by atoms with Crippen molar-refractivity contribution < 1.29 is 42.9 Å². The summed E-state index contributed by atoms with van der Waals surface area (Å²) in [6, 6.07) is 0. The molecule has 0 aliphatic carbocycles. The van der Waals surface area contributed by atoms with Gasteiger partial charge in [0.1, 0.15) is 12.7 Å². The first kappa shape index (κ1) is 40.0. The van der Waals surface area contributed by atoms with Crippen LogP contribution in [0, 0.1) is 0 Å². The summed E-state index contributed by atoms with van der Waals surface area (Å²) >= 11 is 0. The summed E-state index contributed by atoms with van der Waals surface area (Å²) in [6.45, 7) is 4.28. The topological polar surface area (TPSA) is 129 Å². The Morgan fingerprint density at radius 2 is 1.05 bits per heavy atom. The molecule has 0 aliphatic rings. The largest absolute Gasteiger partial charge is 0.462 e. The van der Waals surface area contributed by atoms with Crippen molar-refractivity contribution in [3.05, 3.63) is 0 Å². The third kappa shape index (κ3) is 27.6. The van der Waals surface area contributed by atoms with Crippen LogP contribution in [0.1, 0.15) is 142 Å². The summed E-state index contributed by atoms with van der Waals surface area (Å²) < 4.78 is 33.8. The van der Waals surface area contributed by atoms with E-state index in [2.05, 4.69) is 13.8 Å². The van der Waals surface area contributed by atoms with Gasteiger partial charge in [-0.2, -0.15) is 0 Å². The van der Waals surface area contributed by atoms with Crippen molar-refractivity contribution in [2.45, 2.75) is 154 Å². The van der Waals surface area contributed by atoms with Crippen molar-refractivity contribution in [2.75, 3.05) is 33.1 Å². The molecular formula is C31H61O9P. The molecule has 0 rings (SSSR count). The Balaban J connectivity index is 4.46. The summed E-state index contributed by atoms with van der Waals surface area (Å²) in [4.78, 5) is 24.7. The Kier molecular flexibility index (Phi) is 27.1. The van der Waals surface area contributed by atoms with Gasteiger partial charge in [0.15, 0.2) is 6.10 Å². The highest BCUT2D eigenvalue weighted by Crippen LogP contribution is 2.44. The molecule has 0 fully saturated rings.